The first-order valence-electron chi connectivity index (χ1n) is 13.1. The normalized spacial score (nSPS) is 15.2. The summed E-state index contributed by atoms with van der Waals surface area (Å²) in [7, 11) is 1.60. The van der Waals surface area contributed by atoms with Crippen LogP contribution in [0.4, 0.5) is 10.7 Å². The highest BCUT2D eigenvalue weighted by Gasteiger charge is 2.31. The molecule has 4 aromatic rings. The molecule has 5 rings (SSSR count). The van der Waals surface area contributed by atoms with E-state index in [1.165, 1.54) is 28.2 Å². The maximum absolute atomic E-state index is 13.5. The van der Waals surface area contributed by atoms with Crippen molar-refractivity contribution in [2.75, 3.05) is 24.8 Å². The highest BCUT2D eigenvalue weighted by molar-refractivity contribution is 7.21. The second-order valence-corrected chi connectivity index (χ2v) is 12.7. The predicted molar refractivity (Wildman–Crippen MR) is 159 cm³/mol. The fourth-order valence-corrected chi connectivity index (χ4v) is 7.04. The molecule has 3 heterocycles. The molecule has 1 unspecified atom stereocenters. The molecule has 1 atom stereocenters. The number of aromatic nitrogens is 1. The minimum atomic E-state index is -0.494. The molecule has 1 aliphatic carbocycles. The van der Waals surface area contributed by atoms with Crippen LogP contribution in [-0.2, 0) is 17.6 Å². The van der Waals surface area contributed by atoms with Crippen LogP contribution in [0.25, 0.3) is 21.3 Å². The summed E-state index contributed by atoms with van der Waals surface area (Å²) in [5.41, 5.74) is 11.3. The Morgan fingerprint density at radius 2 is 1.95 bits per heavy atom. The number of carbonyl (C=O) groups is 2. The standard InChI is InChI=1S/C30H33N3O4S2/c1-6-37-29(35)23-21(16-7-10-19(36-5)11-8-16)15-38-28(23)33-26(34)25-24(31)20-14-17-13-18(30(2,3)4)9-12-22(17)32-27(20)39-25/h7-8,10-11,14-15,18H,6,9,12-13,31H2,1-5H3,(H,33,34). The van der Waals surface area contributed by atoms with Crippen molar-refractivity contribution in [3.63, 3.8) is 0 Å². The average Bonchev–Trinajstić information content (AvgIpc) is 3.47. The van der Waals surface area contributed by atoms with Gasteiger partial charge >= 0.3 is 5.97 Å². The smallest absolute Gasteiger partial charge is 0.341 e. The lowest BCUT2D eigenvalue weighted by Crippen LogP contribution is -2.27. The van der Waals surface area contributed by atoms with E-state index in [2.05, 4.69) is 32.2 Å². The zero-order chi connectivity index (χ0) is 27.9. The Balaban J connectivity index is 1.47. The number of methoxy groups -OCH3 is 1. The van der Waals surface area contributed by atoms with Crippen LogP contribution in [0.5, 0.6) is 5.75 Å². The molecular formula is C30H33N3O4S2. The molecule has 0 fully saturated rings. The number of nitrogens with zero attached hydrogens (tertiary/aromatic N) is 1. The number of thiophene rings is 2. The zero-order valence-electron chi connectivity index (χ0n) is 22.8. The summed E-state index contributed by atoms with van der Waals surface area (Å²) in [5.74, 6) is 0.429. The van der Waals surface area contributed by atoms with Crippen LogP contribution in [0.3, 0.4) is 0 Å². The summed E-state index contributed by atoms with van der Waals surface area (Å²) in [4.78, 5) is 32.6. The number of nitrogens with one attached hydrogen (secondary N) is 1. The number of nitrogen functional groups attached to an aromatic ring is 1. The number of carbonyl (C=O) groups excluding carboxylic acids is 2. The number of nitrogens with two attached hydrogens (primary N) is 1. The van der Waals surface area contributed by atoms with Crippen molar-refractivity contribution in [1.29, 1.82) is 0 Å². The van der Waals surface area contributed by atoms with Gasteiger partial charge in [0.05, 0.1) is 19.4 Å². The van der Waals surface area contributed by atoms with E-state index in [0.29, 0.717) is 38.4 Å². The Morgan fingerprint density at radius 3 is 2.62 bits per heavy atom. The third kappa shape index (κ3) is 5.25. The number of hydrogen-bond donors (Lipinski definition) is 2. The van der Waals surface area contributed by atoms with Crippen LogP contribution in [0.2, 0.25) is 0 Å². The van der Waals surface area contributed by atoms with Gasteiger partial charge in [-0.25, -0.2) is 9.78 Å². The van der Waals surface area contributed by atoms with E-state index in [1.807, 2.05) is 29.6 Å². The average molecular weight is 564 g/mol. The van der Waals surface area contributed by atoms with Crippen molar-refractivity contribution >= 4 is 55.5 Å². The number of rotatable bonds is 6. The predicted octanol–water partition coefficient (Wildman–Crippen LogP) is 7.20. The Bertz CT molecular complexity index is 1550. The summed E-state index contributed by atoms with van der Waals surface area (Å²) in [6, 6.07) is 9.52. The first-order chi connectivity index (χ1) is 18.6. The lowest BCUT2D eigenvalue weighted by molar-refractivity contribution is 0.0529. The Morgan fingerprint density at radius 1 is 1.21 bits per heavy atom. The summed E-state index contributed by atoms with van der Waals surface area (Å²) in [5, 5.41) is 6.01. The first-order valence-corrected chi connectivity index (χ1v) is 14.8. The van der Waals surface area contributed by atoms with Gasteiger partial charge in [0.25, 0.3) is 5.91 Å². The third-order valence-electron chi connectivity index (χ3n) is 7.42. The number of pyridine rings is 1. The Labute approximate surface area is 236 Å². The lowest BCUT2D eigenvalue weighted by atomic mass is 9.71. The molecule has 1 aromatic carbocycles. The topological polar surface area (TPSA) is 104 Å². The van der Waals surface area contributed by atoms with Gasteiger partial charge in [-0.1, -0.05) is 32.9 Å². The first kappa shape index (κ1) is 27.1. The van der Waals surface area contributed by atoms with Crippen molar-refractivity contribution in [2.24, 2.45) is 11.3 Å². The van der Waals surface area contributed by atoms with Crippen LogP contribution in [0.15, 0.2) is 35.7 Å². The highest BCUT2D eigenvalue weighted by atomic mass is 32.1. The van der Waals surface area contributed by atoms with Gasteiger partial charge in [-0.2, -0.15) is 0 Å². The molecule has 7 nitrogen and oxygen atoms in total. The molecule has 0 saturated heterocycles. The van der Waals surface area contributed by atoms with Crippen LogP contribution in [0.1, 0.15) is 65.4 Å². The second kappa shape index (κ2) is 10.6. The largest absolute Gasteiger partial charge is 0.497 e. The number of hydrogen-bond acceptors (Lipinski definition) is 8. The van der Waals surface area contributed by atoms with Gasteiger partial charge in [0.2, 0.25) is 0 Å². The van der Waals surface area contributed by atoms with Crippen molar-refractivity contribution in [3.05, 3.63) is 57.4 Å². The van der Waals surface area contributed by atoms with Crippen molar-refractivity contribution in [1.82, 2.24) is 4.98 Å². The lowest BCUT2D eigenvalue weighted by Gasteiger charge is -2.34. The molecule has 0 bridgehead atoms. The maximum Gasteiger partial charge on any atom is 0.341 e. The molecule has 1 amide bonds. The fourth-order valence-electron chi connectivity index (χ4n) is 5.10. The van der Waals surface area contributed by atoms with E-state index in [9.17, 15) is 9.59 Å². The van der Waals surface area contributed by atoms with E-state index < -0.39 is 5.97 Å². The Kier molecular flexibility index (Phi) is 7.39. The zero-order valence-corrected chi connectivity index (χ0v) is 24.5. The molecule has 1 aliphatic rings. The number of fused-ring (bicyclic) bond motifs is 2. The van der Waals surface area contributed by atoms with Crippen LogP contribution in [0, 0.1) is 11.3 Å². The summed E-state index contributed by atoms with van der Waals surface area (Å²) >= 11 is 2.57. The van der Waals surface area contributed by atoms with E-state index in [0.717, 1.165) is 40.7 Å². The number of anilines is 2. The number of esters is 1. The number of benzene rings is 1. The number of aryl methyl sites for hydroxylation is 1. The van der Waals surface area contributed by atoms with Gasteiger partial charge in [-0.3, -0.25) is 4.79 Å². The number of ether oxygens (including phenoxy) is 2. The van der Waals surface area contributed by atoms with E-state index in [4.69, 9.17) is 20.2 Å². The quantitative estimate of drug-likeness (QED) is 0.241. The minimum absolute atomic E-state index is 0.222. The van der Waals surface area contributed by atoms with Crippen molar-refractivity contribution < 1.29 is 19.1 Å². The second-order valence-electron chi connectivity index (χ2n) is 10.9. The summed E-state index contributed by atoms with van der Waals surface area (Å²) in [6.45, 7) is 8.82. The molecule has 0 radical (unpaired) electrons. The molecule has 39 heavy (non-hydrogen) atoms. The van der Waals surface area contributed by atoms with Gasteiger partial charge in [0.1, 0.15) is 26.0 Å². The number of amides is 1. The molecule has 3 aromatic heterocycles. The maximum atomic E-state index is 13.5. The Hall–Kier alpha value is -3.43. The van der Waals surface area contributed by atoms with Crippen molar-refractivity contribution in [2.45, 2.75) is 47.0 Å². The van der Waals surface area contributed by atoms with Gasteiger partial charge < -0.3 is 20.5 Å². The van der Waals surface area contributed by atoms with E-state index in [1.54, 1.807) is 14.0 Å². The van der Waals surface area contributed by atoms with Crippen LogP contribution < -0.4 is 15.8 Å². The third-order valence-corrected chi connectivity index (χ3v) is 9.42. The van der Waals surface area contributed by atoms with Crippen LogP contribution in [-0.4, -0.2) is 30.6 Å². The molecule has 0 aliphatic heterocycles. The van der Waals surface area contributed by atoms with Crippen LogP contribution >= 0.6 is 22.7 Å². The van der Waals surface area contributed by atoms with E-state index in [-0.39, 0.29) is 17.9 Å². The van der Waals surface area contributed by atoms with Gasteiger partial charge in [0.15, 0.2) is 0 Å². The molecule has 9 heteroatoms. The SMILES string of the molecule is CCOC(=O)c1c(-c2ccc(OC)cc2)csc1NC(=O)c1sc2nc3c(cc2c1N)CC(C(C)(C)C)CC3. The molecule has 3 N–H and O–H groups in total. The minimum Gasteiger partial charge on any atom is -0.497 e. The molecule has 0 saturated carbocycles. The molecule has 0 spiro atoms. The summed E-state index contributed by atoms with van der Waals surface area (Å²) in [6.07, 6.45) is 3.00. The van der Waals surface area contributed by atoms with Gasteiger partial charge in [-0.15, -0.1) is 22.7 Å². The van der Waals surface area contributed by atoms with Gasteiger partial charge in [-0.05, 0) is 66.8 Å². The van der Waals surface area contributed by atoms with Crippen molar-refractivity contribution in [3.8, 4) is 16.9 Å². The van der Waals surface area contributed by atoms with Gasteiger partial charge in [0, 0.05) is 22.0 Å². The van der Waals surface area contributed by atoms with E-state index >= 15 is 0 Å². The highest BCUT2D eigenvalue weighted by Crippen LogP contribution is 2.42. The molecular weight excluding hydrogens is 530 g/mol. The molecule has 204 valence electrons. The fraction of sp³-hybridized carbons (Fsp3) is 0.367. The monoisotopic (exact) mass is 563 g/mol. The summed E-state index contributed by atoms with van der Waals surface area (Å²) < 4.78 is 10.6.